The summed E-state index contributed by atoms with van der Waals surface area (Å²) in [5, 5.41) is 4.17. The van der Waals surface area contributed by atoms with Crippen LogP contribution in [0, 0.1) is 6.92 Å². The van der Waals surface area contributed by atoms with Crippen LogP contribution in [0.3, 0.4) is 0 Å². The van der Waals surface area contributed by atoms with E-state index in [4.69, 9.17) is 5.73 Å². The van der Waals surface area contributed by atoms with E-state index in [2.05, 4.69) is 12.0 Å². The molecule has 1 aromatic heterocycles. The van der Waals surface area contributed by atoms with Crippen molar-refractivity contribution in [1.29, 1.82) is 0 Å². The molecular formula is C8H15N3. The van der Waals surface area contributed by atoms with Crippen LogP contribution in [0.4, 0.5) is 0 Å². The molecule has 0 aliphatic carbocycles. The first kappa shape index (κ1) is 8.27. The molecule has 0 aliphatic heterocycles. The molecule has 62 valence electrons. The highest BCUT2D eigenvalue weighted by Crippen LogP contribution is 2.08. The van der Waals surface area contributed by atoms with Gasteiger partial charge in [-0.05, 0) is 26.3 Å². The molecular weight excluding hydrogens is 138 g/mol. The Morgan fingerprint density at radius 2 is 2.18 bits per heavy atom. The van der Waals surface area contributed by atoms with Gasteiger partial charge in [0, 0.05) is 12.2 Å². The van der Waals surface area contributed by atoms with Crippen molar-refractivity contribution in [2.75, 3.05) is 0 Å². The fourth-order valence-corrected chi connectivity index (χ4v) is 0.897. The second-order valence-electron chi connectivity index (χ2n) is 3.10. The van der Waals surface area contributed by atoms with E-state index in [1.54, 1.807) is 0 Å². The number of aryl methyl sites for hydroxylation is 1. The Kier molecular flexibility index (Phi) is 2.29. The summed E-state index contributed by atoms with van der Waals surface area (Å²) < 4.78 is 1.90. The smallest absolute Gasteiger partial charge is 0.0639 e. The van der Waals surface area contributed by atoms with Crippen molar-refractivity contribution in [3.05, 3.63) is 18.0 Å². The molecule has 2 N–H and O–H groups in total. The Balaban J connectivity index is 2.76. The molecule has 0 aliphatic rings. The molecule has 0 fully saturated rings. The van der Waals surface area contributed by atoms with Gasteiger partial charge in [-0.25, -0.2) is 0 Å². The second kappa shape index (κ2) is 3.05. The van der Waals surface area contributed by atoms with Crippen LogP contribution in [-0.4, -0.2) is 15.8 Å². The monoisotopic (exact) mass is 153 g/mol. The molecule has 0 saturated carbocycles. The zero-order chi connectivity index (χ0) is 8.43. The third-order valence-electron chi connectivity index (χ3n) is 1.91. The van der Waals surface area contributed by atoms with Crippen molar-refractivity contribution in [2.45, 2.75) is 32.9 Å². The van der Waals surface area contributed by atoms with Gasteiger partial charge in [-0.1, -0.05) is 0 Å². The van der Waals surface area contributed by atoms with E-state index in [1.165, 1.54) is 5.56 Å². The number of aromatic nitrogens is 2. The maximum Gasteiger partial charge on any atom is 0.0639 e. The van der Waals surface area contributed by atoms with Gasteiger partial charge in [0.05, 0.1) is 12.2 Å². The van der Waals surface area contributed by atoms with E-state index < -0.39 is 0 Å². The summed E-state index contributed by atoms with van der Waals surface area (Å²) in [5.74, 6) is 0. The fourth-order valence-electron chi connectivity index (χ4n) is 0.897. The second-order valence-corrected chi connectivity index (χ2v) is 3.10. The number of hydrogen-bond acceptors (Lipinski definition) is 2. The molecule has 0 radical (unpaired) electrons. The predicted molar refractivity (Wildman–Crippen MR) is 45.3 cm³/mol. The average molecular weight is 153 g/mol. The van der Waals surface area contributed by atoms with Crippen molar-refractivity contribution in [2.24, 2.45) is 5.73 Å². The Hall–Kier alpha value is -0.830. The molecule has 2 atom stereocenters. The van der Waals surface area contributed by atoms with Crippen LogP contribution in [-0.2, 0) is 0 Å². The molecule has 0 unspecified atom stereocenters. The van der Waals surface area contributed by atoms with Crippen LogP contribution < -0.4 is 5.73 Å². The van der Waals surface area contributed by atoms with E-state index in [9.17, 15) is 0 Å². The number of hydrogen-bond donors (Lipinski definition) is 1. The van der Waals surface area contributed by atoms with E-state index in [0.717, 1.165) is 0 Å². The van der Waals surface area contributed by atoms with Crippen molar-refractivity contribution in [3.8, 4) is 0 Å². The molecule has 1 heterocycles. The van der Waals surface area contributed by atoms with Gasteiger partial charge in [-0.2, -0.15) is 5.10 Å². The molecule has 0 spiro atoms. The van der Waals surface area contributed by atoms with Gasteiger partial charge in [0.2, 0.25) is 0 Å². The normalized spacial score (nSPS) is 16.4. The highest BCUT2D eigenvalue weighted by molar-refractivity contribution is 5.00. The summed E-state index contributed by atoms with van der Waals surface area (Å²) in [7, 11) is 0. The van der Waals surface area contributed by atoms with Crippen molar-refractivity contribution >= 4 is 0 Å². The summed E-state index contributed by atoms with van der Waals surface area (Å²) in [6.07, 6.45) is 3.85. The maximum atomic E-state index is 5.72. The fraction of sp³-hybridized carbons (Fsp3) is 0.625. The summed E-state index contributed by atoms with van der Waals surface area (Å²) in [6, 6.07) is 0.429. The van der Waals surface area contributed by atoms with Gasteiger partial charge in [0.1, 0.15) is 0 Å². The van der Waals surface area contributed by atoms with Crippen LogP contribution >= 0.6 is 0 Å². The predicted octanol–water partition coefficient (Wildman–Crippen LogP) is 1.10. The van der Waals surface area contributed by atoms with E-state index in [1.807, 2.05) is 30.9 Å². The Morgan fingerprint density at radius 3 is 2.55 bits per heavy atom. The van der Waals surface area contributed by atoms with Crippen molar-refractivity contribution in [1.82, 2.24) is 9.78 Å². The number of rotatable bonds is 2. The summed E-state index contributed by atoms with van der Waals surface area (Å²) in [6.45, 7) is 6.08. The first-order chi connectivity index (χ1) is 5.11. The van der Waals surface area contributed by atoms with Crippen LogP contribution in [0.15, 0.2) is 12.4 Å². The SMILES string of the molecule is Cc1cnn([C@H](C)[C@@H](C)N)c1. The quantitative estimate of drug-likeness (QED) is 0.691. The minimum absolute atomic E-state index is 0.147. The highest BCUT2D eigenvalue weighted by atomic mass is 15.3. The molecule has 1 aromatic rings. The lowest BCUT2D eigenvalue weighted by molar-refractivity contribution is 0.425. The van der Waals surface area contributed by atoms with Gasteiger partial charge < -0.3 is 5.73 Å². The van der Waals surface area contributed by atoms with Crippen LogP contribution in [0.25, 0.3) is 0 Å². The van der Waals surface area contributed by atoms with Gasteiger partial charge >= 0.3 is 0 Å². The molecule has 3 nitrogen and oxygen atoms in total. The minimum atomic E-state index is 0.147. The Morgan fingerprint density at radius 1 is 1.55 bits per heavy atom. The molecule has 0 aromatic carbocycles. The largest absolute Gasteiger partial charge is 0.326 e. The lowest BCUT2D eigenvalue weighted by Crippen LogP contribution is -2.27. The van der Waals surface area contributed by atoms with Gasteiger partial charge in [0.25, 0.3) is 0 Å². The first-order valence-corrected chi connectivity index (χ1v) is 3.87. The zero-order valence-electron chi connectivity index (χ0n) is 7.28. The van der Waals surface area contributed by atoms with E-state index >= 15 is 0 Å². The van der Waals surface area contributed by atoms with Crippen LogP contribution in [0.2, 0.25) is 0 Å². The molecule has 0 saturated heterocycles. The molecule has 0 amide bonds. The summed E-state index contributed by atoms with van der Waals surface area (Å²) >= 11 is 0. The Bertz CT molecular complexity index is 227. The number of nitrogens with zero attached hydrogens (tertiary/aromatic N) is 2. The molecule has 3 heteroatoms. The van der Waals surface area contributed by atoms with Crippen LogP contribution in [0.1, 0.15) is 25.5 Å². The molecule has 0 bridgehead atoms. The van der Waals surface area contributed by atoms with Crippen LogP contribution in [0.5, 0.6) is 0 Å². The van der Waals surface area contributed by atoms with Gasteiger partial charge in [0.15, 0.2) is 0 Å². The lowest BCUT2D eigenvalue weighted by atomic mass is 10.2. The highest BCUT2D eigenvalue weighted by Gasteiger charge is 2.09. The maximum absolute atomic E-state index is 5.72. The zero-order valence-corrected chi connectivity index (χ0v) is 7.28. The third kappa shape index (κ3) is 1.80. The first-order valence-electron chi connectivity index (χ1n) is 3.87. The lowest BCUT2D eigenvalue weighted by Gasteiger charge is -2.15. The topological polar surface area (TPSA) is 43.8 Å². The summed E-state index contributed by atoms with van der Waals surface area (Å²) in [5.41, 5.74) is 6.89. The summed E-state index contributed by atoms with van der Waals surface area (Å²) in [4.78, 5) is 0. The molecule has 11 heavy (non-hydrogen) atoms. The van der Waals surface area contributed by atoms with Gasteiger partial charge in [-0.3, -0.25) is 4.68 Å². The Labute approximate surface area is 67.2 Å². The minimum Gasteiger partial charge on any atom is -0.326 e. The number of nitrogens with two attached hydrogens (primary N) is 1. The van der Waals surface area contributed by atoms with Gasteiger partial charge in [-0.15, -0.1) is 0 Å². The third-order valence-corrected chi connectivity index (χ3v) is 1.91. The standard InChI is InChI=1S/C8H15N3/c1-6-4-10-11(5-6)8(3)7(2)9/h4-5,7-8H,9H2,1-3H3/t7-,8-/m1/s1. The van der Waals surface area contributed by atoms with E-state index in [0.29, 0.717) is 0 Å². The molecule has 1 rings (SSSR count). The van der Waals surface area contributed by atoms with Crippen molar-refractivity contribution < 1.29 is 0 Å². The average Bonchev–Trinajstić information content (AvgIpc) is 2.34. The van der Waals surface area contributed by atoms with Crippen molar-refractivity contribution in [3.63, 3.8) is 0 Å². The van der Waals surface area contributed by atoms with E-state index in [-0.39, 0.29) is 12.1 Å².